The highest BCUT2D eigenvalue weighted by Crippen LogP contribution is 2.42. The minimum Gasteiger partial charge on any atom is -0.480 e. The van der Waals surface area contributed by atoms with Crippen LogP contribution in [0.1, 0.15) is 25.7 Å². The Morgan fingerprint density at radius 3 is 2.69 bits per heavy atom. The first kappa shape index (κ1) is 10.4. The topological polar surface area (TPSA) is 63.3 Å². The van der Waals surface area contributed by atoms with E-state index in [-0.39, 0.29) is 12.8 Å². The number of halogens is 2. The van der Waals surface area contributed by atoms with E-state index in [1.165, 1.54) is 0 Å². The summed E-state index contributed by atoms with van der Waals surface area (Å²) in [6.45, 7) is 0. The molecule has 0 aromatic carbocycles. The van der Waals surface area contributed by atoms with Crippen molar-refractivity contribution in [2.24, 2.45) is 11.7 Å². The van der Waals surface area contributed by atoms with Gasteiger partial charge in [-0.3, -0.25) is 4.79 Å². The smallest absolute Gasteiger partial charge is 0.320 e. The van der Waals surface area contributed by atoms with Crippen molar-refractivity contribution >= 4 is 5.97 Å². The monoisotopic (exact) mass is 193 g/mol. The molecular formula is C8H13F2NO2. The summed E-state index contributed by atoms with van der Waals surface area (Å²) < 4.78 is 26.0. The number of hydrogen-bond donors (Lipinski definition) is 2. The summed E-state index contributed by atoms with van der Waals surface area (Å²) in [5, 5.41) is 8.44. The lowest BCUT2D eigenvalue weighted by Gasteiger charge is -2.20. The average Bonchev–Trinajstić information content (AvgIpc) is 2.30. The van der Waals surface area contributed by atoms with Gasteiger partial charge in [0.15, 0.2) is 0 Å². The van der Waals surface area contributed by atoms with Crippen LogP contribution in [0, 0.1) is 5.92 Å². The predicted molar refractivity (Wildman–Crippen MR) is 42.5 cm³/mol. The van der Waals surface area contributed by atoms with E-state index in [1.807, 2.05) is 0 Å². The van der Waals surface area contributed by atoms with Crippen LogP contribution < -0.4 is 5.73 Å². The molecule has 0 aromatic rings. The fourth-order valence-electron chi connectivity index (χ4n) is 1.70. The van der Waals surface area contributed by atoms with E-state index in [0.29, 0.717) is 12.8 Å². The van der Waals surface area contributed by atoms with Crippen LogP contribution in [0.15, 0.2) is 0 Å². The molecule has 1 aliphatic carbocycles. The van der Waals surface area contributed by atoms with E-state index in [2.05, 4.69) is 0 Å². The molecule has 3 N–H and O–H groups in total. The van der Waals surface area contributed by atoms with Crippen LogP contribution in [0.2, 0.25) is 0 Å². The van der Waals surface area contributed by atoms with Gasteiger partial charge in [-0.1, -0.05) is 0 Å². The van der Waals surface area contributed by atoms with Crippen LogP contribution in [-0.2, 0) is 4.79 Å². The molecule has 3 nitrogen and oxygen atoms in total. The first-order valence-corrected chi connectivity index (χ1v) is 4.29. The zero-order valence-corrected chi connectivity index (χ0v) is 7.17. The van der Waals surface area contributed by atoms with E-state index in [9.17, 15) is 13.6 Å². The van der Waals surface area contributed by atoms with Crippen LogP contribution >= 0.6 is 0 Å². The molecule has 0 bridgehead atoms. The quantitative estimate of drug-likeness (QED) is 0.708. The lowest BCUT2D eigenvalue weighted by atomic mass is 9.96. The first-order valence-electron chi connectivity index (χ1n) is 4.29. The number of hydrogen-bond acceptors (Lipinski definition) is 2. The van der Waals surface area contributed by atoms with Gasteiger partial charge >= 0.3 is 5.97 Å². The molecule has 0 aromatic heterocycles. The van der Waals surface area contributed by atoms with Crippen LogP contribution in [0.4, 0.5) is 8.78 Å². The van der Waals surface area contributed by atoms with Crippen molar-refractivity contribution in [1.82, 2.24) is 0 Å². The average molecular weight is 193 g/mol. The Morgan fingerprint density at radius 1 is 1.69 bits per heavy atom. The van der Waals surface area contributed by atoms with E-state index < -0.39 is 23.9 Å². The van der Waals surface area contributed by atoms with Gasteiger partial charge in [0.1, 0.15) is 6.04 Å². The lowest BCUT2D eigenvalue weighted by molar-refractivity contribution is -0.139. The van der Waals surface area contributed by atoms with E-state index >= 15 is 0 Å². The largest absolute Gasteiger partial charge is 0.480 e. The van der Waals surface area contributed by atoms with Crippen LogP contribution in [0.3, 0.4) is 0 Å². The number of nitrogens with two attached hydrogens (primary N) is 1. The second-order valence-corrected chi connectivity index (χ2v) is 3.53. The van der Waals surface area contributed by atoms with Gasteiger partial charge in [-0.15, -0.1) is 0 Å². The van der Waals surface area contributed by atoms with Crippen molar-refractivity contribution in [2.75, 3.05) is 0 Å². The standard InChI is InChI=1S/C8H13F2NO2/c9-8(10)3-1-2-5(8)4-6(11)7(12)13/h5-6H,1-4,11H2,(H,12,13)/t5?,6-/m0/s1. The van der Waals surface area contributed by atoms with Gasteiger partial charge in [0.2, 0.25) is 0 Å². The van der Waals surface area contributed by atoms with Gasteiger partial charge in [0.05, 0.1) is 0 Å². The summed E-state index contributed by atoms with van der Waals surface area (Å²) in [5.74, 6) is -4.77. The summed E-state index contributed by atoms with van der Waals surface area (Å²) >= 11 is 0. The molecule has 2 atom stereocenters. The normalized spacial score (nSPS) is 28.7. The number of carboxylic acid groups (broad SMARTS) is 1. The number of alkyl halides is 2. The minimum atomic E-state index is -2.72. The van der Waals surface area contributed by atoms with Gasteiger partial charge in [0.25, 0.3) is 5.92 Å². The maximum Gasteiger partial charge on any atom is 0.320 e. The third-order valence-electron chi connectivity index (χ3n) is 2.52. The Morgan fingerprint density at radius 2 is 2.31 bits per heavy atom. The Balaban J connectivity index is 2.49. The zero-order valence-electron chi connectivity index (χ0n) is 7.17. The molecule has 0 heterocycles. The summed E-state index contributed by atoms with van der Waals surface area (Å²) in [4.78, 5) is 10.3. The Kier molecular flexibility index (Phi) is 2.85. The molecule has 13 heavy (non-hydrogen) atoms. The zero-order chi connectivity index (χ0) is 10.1. The van der Waals surface area contributed by atoms with Crippen LogP contribution in [0.25, 0.3) is 0 Å². The summed E-state index contributed by atoms with van der Waals surface area (Å²) in [7, 11) is 0. The molecule has 0 aliphatic heterocycles. The highest BCUT2D eigenvalue weighted by Gasteiger charge is 2.44. The molecule has 1 aliphatic rings. The van der Waals surface area contributed by atoms with Crippen LogP contribution in [-0.4, -0.2) is 23.0 Å². The summed E-state index contributed by atoms with van der Waals surface area (Å²) in [6.07, 6.45) is 0.588. The number of carboxylic acids is 1. The van der Waals surface area contributed by atoms with Gasteiger partial charge in [-0.05, 0) is 19.3 Å². The lowest BCUT2D eigenvalue weighted by Crippen LogP contribution is -2.36. The molecule has 1 fully saturated rings. The SMILES string of the molecule is N[C@@H](CC1CCCC1(F)F)C(=O)O. The molecule has 1 rings (SSSR count). The molecule has 0 amide bonds. The van der Waals surface area contributed by atoms with Crippen LogP contribution in [0.5, 0.6) is 0 Å². The van der Waals surface area contributed by atoms with E-state index in [1.54, 1.807) is 0 Å². The highest BCUT2D eigenvalue weighted by atomic mass is 19.3. The second-order valence-electron chi connectivity index (χ2n) is 3.53. The maximum atomic E-state index is 13.0. The molecule has 76 valence electrons. The van der Waals surface area contributed by atoms with Gasteiger partial charge in [-0.25, -0.2) is 8.78 Å². The van der Waals surface area contributed by atoms with Crippen molar-refractivity contribution in [3.63, 3.8) is 0 Å². The number of aliphatic carboxylic acids is 1. The Hall–Kier alpha value is -0.710. The Bertz CT molecular complexity index is 208. The van der Waals surface area contributed by atoms with E-state index in [0.717, 1.165) is 0 Å². The molecule has 1 unspecified atom stereocenters. The summed E-state index contributed by atoms with van der Waals surface area (Å²) in [6, 6.07) is -1.16. The van der Waals surface area contributed by atoms with E-state index in [4.69, 9.17) is 10.8 Å². The van der Waals surface area contributed by atoms with Crippen molar-refractivity contribution in [3.8, 4) is 0 Å². The van der Waals surface area contributed by atoms with Crippen molar-refractivity contribution < 1.29 is 18.7 Å². The molecule has 5 heteroatoms. The highest BCUT2D eigenvalue weighted by molar-refractivity contribution is 5.73. The van der Waals surface area contributed by atoms with Gasteiger partial charge < -0.3 is 10.8 Å². The summed E-state index contributed by atoms with van der Waals surface area (Å²) in [5.41, 5.74) is 5.18. The fraction of sp³-hybridized carbons (Fsp3) is 0.875. The predicted octanol–water partition coefficient (Wildman–Crippen LogP) is 1.22. The number of rotatable bonds is 3. The molecular weight excluding hydrogens is 180 g/mol. The third-order valence-corrected chi connectivity index (χ3v) is 2.52. The van der Waals surface area contributed by atoms with Gasteiger partial charge in [0, 0.05) is 12.3 Å². The third kappa shape index (κ3) is 2.37. The molecule has 1 saturated carbocycles. The number of carbonyl (C=O) groups is 1. The van der Waals surface area contributed by atoms with Crippen molar-refractivity contribution in [2.45, 2.75) is 37.6 Å². The molecule has 0 spiro atoms. The second kappa shape index (κ2) is 3.57. The Labute approximate surface area is 74.9 Å². The molecule has 0 saturated heterocycles. The van der Waals surface area contributed by atoms with Crippen molar-refractivity contribution in [1.29, 1.82) is 0 Å². The molecule has 0 radical (unpaired) electrons. The fourth-order valence-corrected chi connectivity index (χ4v) is 1.70. The maximum absolute atomic E-state index is 13.0. The minimum absolute atomic E-state index is 0.123. The van der Waals surface area contributed by atoms with Crippen molar-refractivity contribution in [3.05, 3.63) is 0 Å². The first-order chi connectivity index (χ1) is 5.93. The van der Waals surface area contributed by atoms with Gasteiger partial charge in [-0.2, -0.15) is 0 Å².